The smallest absolute Gasteiger partial charge is 0.335 e. The van der Waals surface area contributed by atoms with Gasteiger partial charge in [-0.2, -0.15) is 0 Å². The zero-order valence-corrected chi connectivity index (χ0v) is 20.9. The number of ether oxygens (including phenoxy) is 1. The Balaban J connectivity index is 1.61. The highest BCUT2D eigenvalue weighted by atomic mass is 16.6. The van der Waals surface area contributed by atoms with E-state index in [-0.39, 0.29) is 17.9 Å². The Bertz CT molecular complexity index is 1510. The van der Waals surface area contributed by atoms with E-state index in [1.807, 2.05) is 13.8 Å². The molecule has 9 heteroatoms. The Hall–Kier alpha value is -5.05. The van der Waals surface area contributed by atoms with E-state index in [9.17, 15) is 24.5 Å². The molecular formula is C29H25N3O6. The van der Waals surface area contributed by atoms with Crippen LogP contribution in [-0.4, -0.2) is 22.8 Å². The number of aryl methyl sites for hydroxylation is 2. The lowest BCUT2D eigenvalue weighted by Crippen LogP contribution is -2.54. The number of urea groups is 1. The number of non-ortho nitro benzene ring substituents is 1. The highest BCUT2D eigenvalue weighted by Gasteiger charge is 2.36. The first kappa shape index (κ1) is 26.0. The highest BCUT2D eigenvalue weighted by molar-refractivity contribution is 6.39. The molecule has 0 atom stereocenters. The lowest BCUT2D eigenvalue weighted by Gasteiger charge is -2.27. The van der Waals surface area contributed by atoms with Gasteiger partial charge < -0.3 is 4.74 Å². The summed E-state index contributed by atoms with van der Waals surface area (Å²) >= 11 is 0. The molecule has 3 aromatic rings. The van der Waals surface area contributed by atoms with Crippen molar-refractivity contribution < 1.29 is 24.0 Å². The van der Waals surface area contributed by atoms with E-state index >= 15 is 0 Å². The number of imide groups is 2. The quantitative estimate of drug-likeness (QED) is 0.146. The van der Waals surface area contributed by atoms with Crippen molar-refractivity contribution >= 4 is 35.3 Å². The topological polar surface area (TPSA) is 119 Å². The molecule has 1 heterocycles. The van der Waals surface area contributed by atoms with Crippen LogP contribution in [0.15, 0.2) is 78.9 Å². The average Bonchev–Trinajstić information content (AvgIpc) is 2.88. The minimum absolute atomic E-state index is 0.0249. The van der Waals surface area contributed by atoms with Crippen LogP contribution >= 0.6 is 0 Å². The lowest BCUT2D eigenvalue weighted by molar-refractivity contribution is -0.384. The maximum atomic E-state index is 13.2. The summed E-state index contributed by atoms with van der Waals surface area (Å²) in [6.45, 7) is 7.68. The number of carbonyl (C=O) groups is 3. The van der Waals surface area contributed by atoms with Gasteiger partial charge in [0, 0.05) is 12.1 Å². The Morgan fingerprint density at radius 2 is 1.82 bits per heavy atom. The van der Waals surface area contributed by atoms with Gasteiger partial charge in [-0.05, 0) is 78.4 Å². The van der Waals surface area contributed by atoms with Crippen LogP contribution in [0, 0.1) is 24.0 Å². The minimum Gasteiger partial charge on any atom is -0.489 e. The molecule has 9 nitrogen and oxygen atoms in total. The molecule has 1 N–H and O–H groups in total. The molecule has 0 spiro atoms. The number of nitro groups is 1. The van der Waals surface area contributed by atoms with Gasteiger partial charge in [0.2, 0.25) is 0 Å². The number of benzene rings is 3. The first-order chi connectivity index (χ1) is 18.2. The van der Waals surface area contributed by atoms with Crippen molar-refractivity contribution in [2.45, 2.75) is 26.9 Å². The summed E-state index contributed by atoms with van der Waals surface area (Å²) in [5, 5.41) is 13.3. The van der Waals surface area contributed by atoms with Crippen molar-refractivity contribution in [3.63, 3.8) is 0 Å². The summed E-state index contributed by atoms with van der Waals surface area (Å²) in [6.07, 6.45) is 3.55. The van der Waals surface area contributed by atoms with Gasteiger partial charge >= 0.3 is 6.03 Å². The van der Waals surface area contributed by atoms with Crippen LogP contribution in [0.4, 0.5) is 16.2 Å². The number of barbiturate groups is 1. The Morgan fingerprint density at radius 3 is 2.53 bits per heavy atom. The van der Waals surface area contributed by atoms with Crippen LogP contribution in [0.5, 0.6) is 5.75 Å². The second-order valence-electron chi connectivity index (χ2n) is 8.80. The number of rotatable bonds is 8. The van der Waals surface area contributed by atoms with E-state index in [0.717, 1.165) is 21.6 Å². The lowest BCUT2D eigenvalue weighted by atomic mass is 10.0. The minimum atomic E-state index is -0.808. The van der Waals surface area contributed by atoms with Gasteiger partial charge in [-0.15, -0.1) is 6.58 Å². The first-order valence-electron chi connectivity index (χ1n) is 11.8. The third-order valence-corrected chi connectivity index (χ3v) is 6.13. The first-order valence-corrected chi connectivity index (χ1v) is 11.8. The average molecular weight is 512 g/mol. The molecule has 0 saturated carbocycles. The van der Waals surface area contributed by atoms with E-state index in [0.29, 0.717) is 29.0 Å². The van der Waals surface area contributed by atoms with Crippen LogP contribution in [-0.2, 0) is 22.6 Å². The number of nitro benzene ring substituents is 1. The van der Waals surface area contributed by atoms with Crippen LogP contribution in [0.3, 0.4) is 0 Å². The maximum Gasteiger partial charge on any atom is 0.335 e. The Morgan fingerprint density at radius 1 is 1.03 bits per heavy atom. The summed E-state index contributed by atoms with van der Waals surface area (Å²) in [5.41, 5.74) is 4.00. The van der Waals surface area contributed by atoms with Crippen LogP contribution in [0.25, 0.3) is 6.08 Å². The maximum absolute atomic E-state index is 13.2. The molecule has 0 aromatic heterocycles. The molecule has 0 bridgehead atoms. The molecular weight excluding hydrogens is 486 g/mol. The predicted molar refractivity (Wildman–Crippen MR) is 143 cm³/mol. The number of allylic oxidation sites excluding steroid dienone is 1. The van der Waals surface area contributed by atoms with E-state index in [2.05, 4.69) is 11.9 Å². The van der Waals surface area contributed by atoms with Crippen molar-refractivity contribution in [3.8, 4) is 5.75 Å². The number of hydrogen-bond donors (Lipinski definition) is 1. The zero-order chi connectivity index (χ0) is 27.4. The molecule has 0 unspecified atom stereocenters. The van der Waals surface area contributed by atoms with Gasteiger partial charge in [-0.25, -0.2) is 9.69 Å². The summed E-state index contributed by atoms with van der Waals surface area (Å²) in [7, 11) is 0. The fourth-order valence-electron chi connectivity index (χ4n) is 3.99. The molecule has 1 aliphatic rings. The van der Waals surface area contributed by atoms with Crippen molar-refractivity contribution in [1.82, 2.24) is 5.32 Å². The zero-order valence-electron chi connectivity index (χ0n) is 20.9. The van der Waals surface area contributed by atoms with Crippen molar-refractivity contribution in [2.75, 3.05) is 4.90 Å². The van der Waals surface area contributed by atoms with E-state index in [4.69, 9.17) is 4.74 Å². The van der Waals surface area contributed by atoms with Gasteiger partial charge in [0.1, 0.15) is 17.9 Å². The van der Waals surface area contributed by atoms with Crippen molar-refractivity contribution in [1.29, 1.82) is 0 Å². The molecule has 1 aliphatic heterocycles. The van der Waals surface area contributed by atoms with E-state index in [1.165, 1.54) is 18.2 Å². The summed E-state index contributed by atoms with van der Waals surface area (Å²) < 4.78 is 5.92. The number of nitrogens with zero attached hydrogens (tertiary/aromatic N) is 2. The molecule has 1 fully saturated rings. The van der Waals surface area contributed by atoms with Crippen molar-refractivity contribution in [3.05, 3.63) is 117 Å². The molecule has 38 heavy (non-hydrogen) atoms. The number of carbonyl (C=O) groups excluding carboxylic acids is 3. The van der Waals surface area contributed by atoms with Crippen molar-refractivity contribution in [2.24, 2.45) is 0 Å². The number of anilines is 1. The van der Waals surface area contributed by atoms with Gasteiger partial charge in [0.25, 0.3) is 17.5 Å². The van der Waals surface area contributed by atoms with Gasteiger partial charge in [-0.1, -0.05) is 30.3 Å². The SMILES string of the molecule is C=CCc1cc(/C=C2\C(=O)NC(=O)N(c3ccc(C)c(C)c3)C2=O)ccc1OCc1cccc([N+](=O)[O-])c1. The third-order valence-electron chi connectivity index (χ3n) is 6.13. The van der Waals surface area contributed by atoms with Gasteiger partial charge in [0.05, 0.1) is 10.6 Å². The number of nitrogens with one attached hydrogen (secondary N) is 1. The number of amides is 4. The molecule has 1 saturated heterocycles. The third kappa shape index (κ3) is 5.52. The standard InChI is InChI=1S/C29H25N3O6/c1-4-6-22-14-20(10-12-26(22)38-17-21-7-5-8-24(15-21)32(36)37)16-25-27(33)30-29(35)31(28(25)34)23-11-9-18(2)19(3)13-23/h4-5,7-16H,1,6,17H2,2-3H3,(H,30,33,35)/b25-16+. The molecule has 4 amide bonds. The Labute approximate surface area is 219 Å². The predicted octanol–water partition coefficient (Wildman–Crippen LogP) is 5.19. The van der Waals surface area contributed by atoms with Gasteiger partial charge in [0.15, 0.2) is 0 Å². The van der Waals surface area contributed by atoms with E-state index in [1.54, 1.807) is 54.6 Å². The highest BCUT2D eigenvalue weighted by Crippen LogP contribution is 2.27. The second kappa shape index (κ2) is 10.9. The molecule has 192 valence electrons. The van der Waals surface area contributed by atoms with Crippen LogP contribution in [0.1, 0.15) is 27.8 Å². The van der Waals surface area contributed by atoms with Crippen LogP contribution < -0.4 is 15.0 Å². The Kier molecular flexibility index (Phi) is 7.48. The van der Waals surface area contributed by atoms with E-state index < -0.39 is 22.8 Å². The summed E-state index contributed by atoms with van der Waals surface area (Å²) in [6, 6.07) is 15.7. The molecule has 0 radical (unpaired) electrons. The largest absolute Gasteiger partial charge is 0.489 e. The number of hydrogen-bond acceptors (Lipinski definition) is 6. The second-order valence-corrected chi connectivity index (χ2v) is 8.80. The normalized spacial score (nSPS) is 14.4. The fraction of sp³-hybridized carbons (Fsp3) is 0.138. The fourth-order valence-corrected chi connectivity index (χ4v) is 3.99. The molecule has 4 rings (SSSR count). The summed E-state index contributed by atoms with van der Waals surface area (Å²) in [5.74, 6) is -0.973. The van der Waals surface area contributed by atoms with Crippen LogP contribution in [0.2, 0.25) is 0 Å². The molecule has 3 aromatic carbocycles. The monoisotopic (exact) mass is 511 g/mol. The van der Waals surface area contributed by atoms with Gasteiger partial charge in [-0.3, -0.25) is 25.0 Å². The summed E-state index contributed by atoms with van der Waals surface area (Å²) in [4.78, 5) is 49.9. The molecule has 0 aliphatic carbocycles.